The van der Waals surface area contributed by atoms with Crippen LogP contribution in [0.4, 0.5) is 4.39 Å². The van der Waals surface area contributed by atoms with Crippen molar-refractivity contribution in [2.24, 2.45) is 0 Å². The van der Waals surface area contributed by atoms with E-state index in [0.29, 0.717) is 22.9 Å². The van der Waals surface area contributed by atoms with Crippen LogP contribution in [-0.4, -0.2) is 9.97 Å². The molecule has 1 aromatic carbocycles. The van der Waals surface area contributed by atoms with Gasteiger partial charge in [0.25, 0.3) is 0 Å². The van der Waals surface area contributed by atoms with E-state index < -0.39 is 0 Å². The maximum absolute atomic E-state index is 13.1. The standard InChI is InChI=1S/C12H10ClFN2O/c1-8-4-10(2-3-11(8)14)17-12-7-15-6-9(5-13)16-12/h2-4,6-7H,5H2,1H3. The monoisotopic (exact) mass is 252 g/mol. The average molecular weight is 253 g/mol. The van der Waals surface area contributed by atoms with Crippen LogP contribution in [0.15, 0.2) is 30.6 Å². The van der Waals surface area contributed by atoms with Crippen molar-refractivity contribution < 1.29 is 9.13 Å². The molecule has 1 aromatic heterocycles. The van der Waals surface area contributed by atoms with Crippen molar-refractivity contribution in [1.82, 2.24) is 9.97 Å². The summed E-state index contributed by atoms with van der Waals surface area (Å²) in [5, 5.41) is 0. The number of halogens is 2. The molecule has 2 rings (SSSR count). The third-order valence-electron chi connectivity index (χ3n) is 2.15. The molecule has 0 saturated carbocycles. The second kappa shape index (κ2) is 5.10. The Morgan fingerprint density at radius 3 is 2.88 bits per heavy atom. The molecule has 5 heteroatoms. The molecule has 0 unspecified atom stereocenters. The quantitative estimate of drug-likeness (QED) is 0.785. The fourth-order valence-corrected chi connectivity index (χ4v) is 1.43. The van der Waals surface area contributed by atoms with Gasteiger partial charge in [0.15, 0.2) is 0 Å². The normalized spacial score (nSPS) is 10.3. The van der Waals surface area contributed by atoms with Crippen LogP contribution in [-0.2, 0) is 5.88 Å². The predicted octanol–water partition coefficient (Wildman–Crippen LogP) is 3.46. The molecule has 2 aromatic rings. The van der Waals surface area contributed by atoms with Crippen molar-refractivity contribution in [3.63, 3.8) is 0 Å². The summed E-state index contributed by atoms with van der Waals surface area (Å²) in [6, 6.07) is 4.49. The van der Waals surface area contributed by atoms with E-state index in [-0.39, 0.29) is 11.7 Å². The van der Waals surface area contributed by atoms with E-state index >= 15 is 0 Å². The molecular formula is C12H10ClFN2O. The molecule has 0 saturated heterocycles. The molecule has 88 valence electrons. The lowest BCUT2D eigenvalue weighted by Gasteiger charge is -2.06. The number of nitrogens with zero attached hydrogens (tertiary/aromatic N) is 2. The van der Waals surface area contributed by atoms with Crippen molar-refractivity contribution in [1.29, 1.82) is 0 Å². The molecule has 0 spiro atoms. The molecule has 0 aliphatic rings. The van der Waals surface area contributed by atoms with Crippen molar-refractivity contribution in [2.75, 3.05) is 0 Å². The Balaban J connectivity index is 2.22. The van der Waals surface area contributed by atoms with Gasteiger partial charge in [-0.1, -0.05) is 0 Å². The third-order valence-corrected chi connectivity index (χ3v) is 2.42. The topological polar surface area (TPSA) is 35.0 Å². The van der Waals surface area contributed by atoms with E-state index in [1.54, 1.807) is 19.2 Å². The molecule has 0 bridgehead atoms. The number of aromatic nitrogens is 2. The molecule has 0 N–H and O–H groups in total. The van der Waals surface area contributed by atoms with Gasteiger partial charge in [0.2, 0.25) is 5.88 Å². The number of alkyl halides is 1. The molecule has 0 aliphatic carbocycles. The molecule has 0 aliphatic heterocycles. The minimum Gasteiger partial charge on any atom is -0.437 e. The highest BCUT2D eigenvalue weighted by Gasteiger charge is 2.03. The van der Waals surface area contributed by atoms with Gasteiger partial charge in [-0.3, -0.25) is 4.98 Å². The van der Waals surface area contributed by atoms with Crippen molar-refractivity contribution in [2.45, 2.75) is 12.8 Å². The number of rotatable bonds is 3. The maximum atomic E-state index is 13.1. The highest BCUT2D eigenvalue weighted by atomic mass is 35.5. The summed E-state index contributed by atoms with van der Waals surface area (Å²) in [6.45, 7) is 1.67. The van der Waals surface area contributed by atoms with E-state index in [1.807, 2.05) is 0 Å². The van der Waals surface area contributed by atoms with Gasteiger partial charge in [-0.15, -0.1) is 11.6 Å². The fourth-order valence-electron chi connectivity index (χ4n) is 1.30. The molecule has 0 fully saturated rings. The molecule has 0 radical (unpaired) electrons. The summed E-state index contributed by atoms with van der Waals surface area (Å²) in [5.74, 6) is 0.865. The third kappa shape index (κ3) is 2.91. The Bertz CT molecular complexity index is 534. The molecule has 0 atom stereocenters. The van der Waals surface area contributed by atoms with Crippen LogP contribution in [0.2, 0.25) is 0 Å². The second-order valence-electron chi connectivity index (χ2n) is 3.50. The Morgan fingerprint density at radius 1 is 1.35 bits per heavy atom. The first-order valence-electron chi connectivity index (χ1n) is 5.00. The van der Waals surface area contributed by atoms with Gasteiger partial charge in [0, 0.05) is 6.20 Å². The molecule has 3 nitrogen and oxygen atoms in total. The lowest BCUT2D eigenvalue weighted by Crippen LogP contribution is -1.93. The molecule has 1 heterocycles. The highest BCUT2D eigenvalue weighted by Crippen LogP contribution is 2.21. The Labute approximate surface area is 103 Å². The van der Waals surface area contributed by atoms with Crippen molar-refractivity contribution >= 4 is 11.6 Å². The van der Waals surface area contributed by atoms with E-state index in [0.717, 1.165) is 0 Å². The fraction of sp³-hybridized carbons (Fsp3) is 0.167. The predicted molar refractivity (Wildman–Crippen MR) is 62.8 cm³/mol. The van der Waals surface area contributed by atoms with Crippen LogP contribution >= 0.6 is 11.6 Å². The smallest absolute Gasteiger partial charge is 0.238 e. The number of hydrogen-bond donors (Lipinski definition) is 0. The van der Waals surface area contributed by atoms with Crippen LogP contribution < -0.4 is 4.74 Å². The largest absolute Gasteiger partial charge is 0.437 e. The number of benzene rings is 1. The van der Waals surface area contributed by atoms with Gasteiger partial charge in [-0.2, -0.15) is 0 Å². The minimum atomic E-state index is -0.266. The highest BCUT2D eigenvalue weighted by molar-refractivity contribution is 6.16. The maximum Gasteiger partial charge on any atom is 0.238 e. The minimum absolute atomic E-state index is 0.266. The Kier molecular flexibility index (Phi) is 3.54. The van der Waals surface area contributed by atoms with E-state index in [9.17, 15) is 4.39 Å². The van der Waals surface area contributed by atoms with Crippen molar-refractivity contribution in [3.8, 4) is 11.6 Å². The lowest BCUT2D eigenvalue weighted by molar-refractivity contribution is 0.456. The van der Waals surface area contributed by atoms with E-state index in [1.165, 1.54) is 18.3 Å². The molecular weight excluding hydrogens is 243 g/mol. The van der Waals surface area contributed by atoms with Crippen LogP contribution in [0.5, 0.6) is 11.6 Å². The zero-order valence-corrected chi connectivity index (χ0v) is 9.91. The summed E-state index contributed by atoms with van der Waals surface area (Å²) in [5.41, 5.74) is 1.15. The van der Waals surface area contributed by atoms with Gasteiger partial charge in [-0.05, 0) is 30.7 Å². The zero-order valence-electron chi connectivity index (χ0n) is 9.15. The summed E-state index contributed by atoms with van der Waals surface area (Å²) < 4.78 is 18.5. The number of ether oxygens (including phenoxy) is 1. The van der Waals surface area contributed by atoms with Gasteiger partial charge in [0.1, 0.15) is 11.6 Å². The Hall–Kier alpha value is -1.68. The van der Waals surface area contributed by atoms with Crippen LogP contribution in [0.3, 0.4) is 0 Å². The van der Waals surface area contributed by atoms with Gasteiger partial charge in [-0.25, -0.2) is 9.37 Å². The first kappa shape index (κ1) is 11.8. The van der Waals surface area contributed by atoms with Crippen molar-refractivity contribution in [3.05, 3.63) is 47.7 Å². The molecule has 17 heavy (non-hydrogen) atoms. The number of hydrogen-bond acceptors (Lipinski definition) is 3. The summed E-state index contributed by atoms with van der Waals surface area (Å²) in [7, 11) is 0. The lowest BCUT2D eigenvalue weighted by atomic mass is 10.2. The van der Waals surface area contributed by atoms with Crippen LogP contribution in [0.25, 0.3) is 0 Å². The van der Waals surface area contributed by atoms with Crippen LogP contribution in [0, 0.1) is 12.7 Å². The Morgan fingerprint density at radius 2 is 2.18 bits per heavy atom. The zero-order chi connectivity index (χ0) is 12.3. The number of aryl methyl sites for hydroxylation is 1. The second-order valence-corrected chi connectivity index (χ2v) is 3.76. The summed E-state index contributed by atoms with van der Waals surface area (Å²) >= 11 is 5.64. The van der Waals surface area contributed by atoms with Gasteiger partial charge in [0.05, 0.1) is 17.8 Å². The van der Waals surface area contributed by atoms with Gasteiger partial charge < -0.3 is 4.74 Å². The van der Waals surface area contributed by atoms with Crippen LogP contribution in [0.1, 0.15) is 11.3 Å². The molecule has 0 amide bonds. The first-order chi connectivity index (χ1) is 8.19. The summed E-state index contributed by atoms with van der Waals surface area (Å²) in [4.78, 5) is 8.07. The van der Waals surface area contributed by atoms with E-state index in [4.69, 9.17) is 16.3 Å². The summed E-state index contributed by atoms with van der Waals surface area (Å²) in [6.07, 6.45) is 3.05. The SMILES string of the molecule is Cc1cc(Oc2cncc(CCl)n2)ccc1F. The first-order valence-corrected chi connectivity index (χ1v) is 5.53. The van der Waals surface area contributed by atoms with E-state index in [2.05, 4.69) is 9.97 Å². The average Bonchev–Trinajstić information content (AvgIpc) is 2.34. The van der Waals surface area contributed by atoms with Gasteiger partial charge >= 0.3 is 0 Å².